The molecule has 24 heavy (non-hydrogen) atoms. The lowest BCUT2D eigenvalue weighted by atomic mass is 10.1. The third-order valence-electron chi connectivity index (χ3n) is 4.49. The van der Waals surface area contributed by atoms with Crippen LogP contribution in [0.3, 0.4) is 0 Å². The van der Waals surface area contributed by atoms with Crippen LogP contribution in [0.2, 0.25) is 5.15 Å². The van der Waals surface area contributed by atoms with Gasteiger partial charge in [0.05, 0.1) is 6.61 Å². The van der Waals surface area contributed by atoms with Gasteiger partial charge in [-0.15, -0.1) is 10.2 Å². The molecule has 1 saturated heterocycles. The highest BCUT2D eigenvalue weighted by Crippen LogP contribution is 2.46. The van der Waals surface area contributed by atoms with Crippen molar-refractivity contribution in [2.75, 3.05) is 19.7 Å². The van der Waals surface area contributed by atoms with Crippen molar-refractivity contribution in [2.24, 2.45) is 0 Å². The molecular formula is C18H20ClN3O2. The summed E-state index contributed by atoms with van der Waals surface area (Å²) in [5, 5.41) is 11.8. The van der Waals surface area contributed by atoms with Crippen LogP contribution in [0.4, 0.5) is 0 Å². The molecule has 2 aromatic rings. The summed E-state index contributed by atoms with van der Waals surface area (Å²) in [5.74, 6) is 1.96. The molecule has 126 valence electrons. The highest BCUT2D eigenvalue weighted by molar-refractivity contribution is 6.29. The summed E-state index contributed by atoms with van der Waals surface area (Å²) in [6.45, 7) is 4.27. The van der Waals surface area contributed by atoms with Crippen molar-refractivity contribution in [3.05, 3.63) is 46.1 Å². The van der Waals surface area contributed by atoms with Crippen molar-refractivity contribution < 1.29 is 9.47 Å². The van der Waals surface area contributed by atoms with Gasteiger partial charge in [0.2, 0.25) is 5.88 Å². The first-order valence-corrected chi connectivity index (χ1v) is 8.73. The number of nitrogens with one attached hydrogen (secondary N) is 1. The van der Waals surface area contributed by atoms with Gasteiger partial charge in [-0.25, -0.2) is 0 Å². The van der Waals surface area contributed by atoms with E-state index in [9.17, 15) is 0 Å². The SMILES string of the molecule is Cc1cccc(C2CC2)c1Oc1nnc(Cl)cc1C1CNCCO1. The zero-order chi connectivity index (χ0) is 16.5. The van der Waals surface area contributed by atoms with Crippen molar-refractivity contribution in [1.29, 1.82) is 0 Å². The van der Waals surface area contributed by atoms with Crippen LogP contribution >= 0.6 is 11.6 Å². The minimum Gasteiger partial charge on any atom is -0.437 e. The van der Waals surface area contributed by atoms with Crippen LogP contribution in [0.5, 0.6) is 11.6 Å². The molecule has 1 atom stereocenters. The van der Waals surface area contributed by atoms with E-state index in [0.29, 0.717) is 30.1 Å². The van der Waals surface area contributed by atoms with Crippen LogP contribution in [-0.4, -0.2) is 29.9 Å². The standard InChI is InChI=1S/C18H20ClN3O2/c1-11-3-2-4-13(12-5-6-12)17(11)24-18-14(9-16(19)21-22-18)15-10-20-7-8-23-15/h2-4,9,12,15,20H,5-8,10H2,1H3. The molecule has 1 aliphatic heterocycles. The second-order valence-corrected chi connectivity index (χ2v) is 6.75. The fourth-order valence-electron chi connectivity index (χ4n) is 3.07. The lowest BCUT2D eigenvalue weighted by molar-refractivity contribution is 0.0260. The number of ether oxygens (including phenoxy) is 2. The van der Waals surface area contributed by atoms with Gasteiger partial charge >= 0.3 is 0 Å². The van der Waals surface area contributed by atoms with E-state index in [1.165, 1.54) is 18.4 Å². The first kappa shape index (κ1) is 15.8. The number of halogens is 1. The number of aromatic nitrogens is 2. The molecule has 2 fully saturated rings. The molecule has 0 amide bonds. The summed E-state index contributed by atoms with van der Waals surface area (Å²) in [6, 6.07) is 8.07. The number of aryl methyl sites for hydroxylation is 1. The van der Waals surface area contributed by atoms with Gasteiger partial charge in [0.1, 0.15) is 11.9 Å². The van der Waals surface area contributed by atoms with Gasteiger partial charge in [0, 0.05) is 18.7 Å². The summed E-state index contributed by atoms with van der Waals surface area (Å²) in [6.07, 6.45) is 2.30. The number of hydrogen-bond donors (Lipinski definition) is 1. The molecule has 1 aromatic heterocycles. The smallest absolute Gasteiger partial charge is 0.244 e. The maximum atomic E-state index is 6.24. The first-order valence-electron chi connectivity index (χ1n) is 8.35. The predicted molar refractivity (Wildman–Crippen MR) is 91.8 cm³/mol. The molecule has 1 unspecified atom stereocenters. The molecule has 0 spiro atoms. The van der Waals surface area contributed by atoms with Crippen LogP contribution < -0.4 is 10.1 Å². The van der Waals surface area contributed by atoms with E-state index in [2.05, 4.69) is 40.6 Å². The van der Waals surface area contributed by atoms with E-state index in [0.717, 1.165) is 23.4 Å². The minimum atomic E-state index is -0.129. The van der Waals surface area contributed by atoms with Crippen LogP contribution in [0.15, 0.2) is 24.3 Å². The largest absolute Gasteiger partial charge is 0.437 e. The average molecular weight is 346 g/mol. The molecule has 4 rings (SSSR count). The number of morpholine rings is 1. The maximum Gasteiger partial charge on any atom is 0.244 e. The van der Waals surface area contributed by atoms with Gasteiger partial charge in [-0.1, -0.05) is 29.8 Å². The highest BCUT2D eigenvalue weighted by atomic mass is 35.5. The Hall–Kier alpha value is -1.69. The Balaban J connectivity index is 1.70. The molecule has 6 heteroatoms. The third-order valence-corrected chi connectivity index (χ3v) is 4.68. The Morgan fingerprint density at radius 1 is 1.25 bits per heavy atom. The Morgan fingerprint density at radius 2 is 2.12 bits per heavy atom. The van der Waals surface area contributed by atoms with E-state index in [1.54, 1.807) is 6.07 Å². The Labute approximate surface area is 146 Å². The van der Waals surface area contributed by atoms with E-state index in [-0.39, 0.29) is 6.10 Å². The number of benzene rings is 1. The number of hydrogen-bond acceptors (Lipinski definition) is 5. The van der Waals surface area contributed by atoms with Gasteiger partial charge in [-0.2, -0.15) is 0 Å². The topological polar surface area (TPSA) is 56.3 Å². The van der Waals surface area contributed by atoms with E-state index >= 15 is 0 Å². The molecule has 1 aromatic carbocycles. The van der Waals surface area contributed by atoms with E-state index in [1.807, 2.05) is 0 Å². The third kappa shape index (κ3) is 3.24. The molecule has 2 aliphatic rings. The molecule has 5 nitrogen and oxygen atoms in total. The molecule has 0 radical (unpaired) electrons. The lowest BCUT2D eigenvalue weighted by Gasteiger charge is -2.25. The normalized spacial score (nSPS) is 20.8. The predicted octanol–water partition coefficient (Wildman–Crippen LogP) is 3.77. The number of para-hydroxylation sites is 1. The zero-order valence-electron chi connectivity index (χ0n) is 13.6. The van der Waals surface area contributed by atoms with Gasteiger partial charge in [0.15, 0.2) is 5.15 Å². The molecule has 1 aliphatic carbocycles. The lowest BCUT2D eigenvalue weighted by Crippen LogP contribution is -2.33. The summed E-state index contributed by atoms with van der Waals surface area (Å²) < 4.78 is 12.1. The first-order chi connectivity index (χ1) is 11.7. The molecule has 1 N–H and O–H groups in total. The van der Waals surface area contributed by atoms with Crippen molar-refractivity contribution in [2.45, 2.75) is 31.8 Å². The van der Waals surface area contributed by atoms with E-state index in [4.69, 9.17) is 21.1 Å². The van der Waals surface area contributed by atoms with Gasteiger partial charge in [-0.05, 0) is 42.9 Å². The second-order valence-electron chi connectivity index (χ2n) is 6.36. The van der Waals surface area contributed by atoms with Crippen molar-refractivity contribution >= 4 is 11.6 Å². The minimum absolute atomic E-state index is 0.129. The molecule has 1 saturated carbocycles. The Morgan fingerprint density at radius 3 is 2.88 bits per heavy atom. The quantitative estimate of drug-likeness (QED) is 0.914. The van der Waals surface area contributed by atoms with Crippen LogP contribution in [0, 0.1) is 6.92 Å². The van der Waals surface area contributed by atoms with Gasteiger partial charge in [-0.3, -0.25) is 0 Å². The average Bonchev–Trinajstić information content (AvgIpc) is 3.44. The summed E-state index contributed by atoms with van der Waals surface area (Å²) in [7, 11) is 0. The van der Waals surface area contributed by atoms with Gasteiger partial charge in [0.25, 0.3) is 0 Å². The van der Waals surface area contributed by atoms with E-state index < -0.39 is 0 Å². The molecule has 0 bridgehead atoms. The monoisotopic (exact) mass is 345 g/mol. The van der Waals surface area contributed by atoms with Crippen molar-refractivity contribution in [3.8, 4) is 11.6 Å². The zero-order valence-corrected chi connectivity index (χ0v) is 14.3. The van der Waals surface area contributed by atoms with Crippen molar-refractivity contribution in [1.82, 2.24) is 15.5 Å². The van der Waals surface area contributed by atoms with Crippen LogP contribution in [0.25, 0.3) is 0 Å². The summed E-state index contributed by atoms with van der Waals surface area (Å²) in [5.41, 5.74) is 3.19. The summed E-state index contributed by atoms with van der Waals surface area (Å²) in [4.78, 5) is 0. The fraction of sp³-hybridized carbons (Fsp3) is 0.444. The molecule has 2 heterocycles. The Kier molecular flexibility index (Phi) is 4.39. The Bertz CT molecular complexity index is 743. The second kappa shape index (κ2) is 6.67. The highest BCUT2D eigenvalue weighted by Gasteiger charge is 2.29. The van der Waals surface area contributed by atoms with Crippen molar-refractivity contribution in [3.63, 3.8) is 0 Å². The molecular weight excluding hydrogens is 326 g/mol. The number of rotatable bonds is 4. The number of nitrogens with zero attached hydrogens (tertiary/aromatic N) is 2. The summed E-state index contributed by atoms with van der Waals surface area (Å²) >= 11 is 6.06. The van der Waals surface area contributed by atoms with Crippen LogP contribution in [-0.2, 0) is 4.74 Å². The fourth-order valence-corrected chi connectivity index (χ4v) is 3.23. The van der Waals surface area contributed by atoms with Crippen LogP contribution in [0.1, 0.15) is 41.6 Å². The maximum absolute atomic E-state index is 6.24. The van der Waals surface area contributed by atoms with Gasteiger partial charge < -0.3 is 14.8 Å².